The Kier molecular flexibility index (Phi) is 4.74. The van der Waals surface area contributed by atoms with Gasteiger partial charge in [-0.1, -0.05) is 5.57 Å². The van der Waals surface area contributed by atoms with Crippen molar-refractivity contribution in [2.24, 2.45) is 5.41 Å². The molecule has 4 nitrogen and oxygen atoms in total. The van der Waals surface area contributed by atoms with Crippen LogP contribution in [-0.4, -0.2) is 36.0 Å². The smallest absolute Gasteiger partial charge is 0.410 e. The van der Waals surface area contributed by atoms with Crippen LogP contribution in [0.5, 0.6) is 0 Å². The van der Waals surface area contributed by atoms with Gasteiger partial charge in [0.25, 0.3) is 0 Å². The highest BCUT2D eigenvalue weighted by molar-refractivity contribution is 5.68. The van der Waals surface area contributed by atoms with Gasteiger partial charge in [0.15, 0.2) is 0 Å². The number of ether oxygens (including phenoxy) is 1. The van der Waals surface area contributed by atoms with Crippen molar-refractivity contribution < 1.29 is 14.3 Å². The summed E-state index contributed by atoms with van der Waals surface area (Å²) in [6.07, 6.45) is 8.91. The largest absolute Gasteiger partial charge is 0.444 e. The van der Waals surface area contributed by atoms with Crippen molar-refractivity contribution in [3.05, 3.63) is 11.6 Å². The van der Waals surface area contributed by atoms with Crippen molar-refractivity contribution in [3.63, 3.8) is 0 Å². The number of carbonyl (C=O) groups is 2. The second-order valence-corrected chi connectivity index (χ2v) is 7.43. The van der Waals surface area contributed by atoms with Crippen molar-refractivity contribution in [2.75, 3.05) is 13.1 Å². The summed E-state index contributed by atoms with van der Waals surface area (Å²) in [5.74, 6) is 0. The molecule has 0 aromatic rings. The number of hydrogen-bond donors (Lipinski definition) is 0. The zero-order valence-corrected chi connectivity index (χ0v) is 13.5. The Morgan fingerprint density at radius 3 is 2.19 bits per heavy atom. The van der Waals surface area contributed by atoms with Gasteiger partial charge >= 0.3 is 6.09 Å². The van der Waals surface area contributed by atoms with Crippen molar-refractivity contribution in [1.29, 1.82) is 0 Å². The number of carbonyl (C=O) groups excluding carboxylic acids is 2. The van der Waals surface area contributed by atoms with E-state index in [1.165, 1.54) is 5.57 Å². The second kappa shape index (κ2) is 6.20. The fourth-order valence-electron chi connectivity index (χ4n) is 3.35. The quantitative estimate of drug-likeness (QED) is 0.547. The highest BCUT2D eigenvalue weighted by atomic mass is 16.6. The molecule has 1 aliphatic heterocycles. The SMILES string of the molecule is CC(C)(C)OC(=O)N1CCC2(CCC(=CC=O)CC2)CC1. The normalized spacial score (nSPS) is 22.0. The number of rotatable bonds is 1. The zero-order valence-electron chi connectivity index (χ0n) is 13.5. The van der Waals surface area contributed by atoms with Crippen LogP contribution in [0.3, 0.4) is 0 Å². The Labute approximate surface area is 127 Å². The summed E-state index contributed by atoms with van der Waals surface area (Å²) < 4.78 is 5.44. The zero-order chi connectivity index (χ0) is 15.5. The predicted molar refractivity (Wildman–Crippen MR) is 82.1 cm³/mol. The Morgan fingerprint density at radius 2 is 1.71 bits per heavy atom. The van der Waals surface area contributed by atoms with Gasteiger partial charge in [0.2, 0.25) is 0 Å². The van der Waals surface area contributed by atoms with Gasteiger partial charge in [-0.15, -0.1) is 0 Å². The van der Waals surface area contributed by atoms with Gasteiger partial charge in [-0.2, -0.15) is 0 Å². The van der Waals surface area contributed by atoms with Crippen LogP contribution in [-0.2, 0) is 9.53 Å². The lowest BCUT2D eigenvalue weighted by Gasteiger charge is -2.44. The third-order valence-electron chi connectivity index (χ3n) is 4.73. The Balaban J connectivity index is 1.85. The molecule has 2 rings (SSSR count). The van der Waals surface area contributed by atoms with Gasteiger partial charge in [-0.25, -0.2) is 4.79 Å². The molecule has 2 aliphatic rings. The van der Waals surface area contributed by atoms with Crippen LogP contribution in [0.1, 0.15) is 59.3 Å². The van der Waals surface area contributed by atoms with Gasteiger partial charge in [0.05, 0.1) is 0 Å². The minimum absolute atomic E-state index is 0.185. The topological polar surface area (TPSA) is 46.6 Å². The van der Waals surface area contributed by atoms with E-state index >= 15 is 0 Å². The summed E-state index contributed by atoms with van der Waals surface area (Å²) in [5, 5.41) is 0. The monoisotopic (exact) mass is 293 g/mol. The molecule has 0 bridgehead atoms. The first-order chi connectivity index (χ1) is 9.84. The van der Waals surface area contributed by atoms with Crippen molar-refractivity contribution >= 4 is 12.4 Å². The van der Waals surface area contributed by atoms with E-state index in [1.807, 2.05) is 25.7 Å². The van der Waals surface area contributed by atoms with Crippen molar-refractivity contribution in [2.45, 2.75) is 64.9 Å². The maximum Gasteiger partial charge on any atom is 0.410 e. The third kappa shape index (κ3) is 4.32. The van der Waals surface area contributed by atoms with E-state index in [0.717, 1.165) is 57.9 Å². The summed E-state index contributed by atoms with van der Waals surface area (Å²) >= 11 is 0. The van der Waals surface area contributed by atoms with E-state index in [1.54, 1.807) is 6.08 Å². The molecule has 1 saturated heterocycles. The summed E-state index contributed by atoms with van der Waals surface area (Å²) in [6, 6.07) is 0. The lowest BCUT2D eigenvalue weighted by Crippen LogP contribution is -2.45. The maximum atomic E-state index is 12.1. The maximum absolute atomic E-state index is 12.1. The molecule has 1 saturated carbocycles. The minimum Gasteiger partial charge on any atom is -0.444 e. The average Bonchev–Trinajstić information content (AvgIpc) is 2.41. The Morgan fingerprint density at radius 1 is 1.14 bits per heavy atom. The van der Waals surface area contributed by atoms with Gasteiger partial charge in [0.1, 0.15) is 11.9 Å². The molecule has 1 amide bonds. The van der Waals surface area contributed by atoms with Gasteiger partial charge in [0, 0.05) is 13.1 Å². The van der Waals surface area contributed by atoms with Crippen LogP contribution >= 0.6 is 0 Å². The van der Waals surface area contributed by atoms with E-state index in [4.69, 9.17) is 4.74 Å². The Bertz CT molecular complexity index is 414. The summed E-state index contributed by atoms with van der Waals surface area (Å²) in [6.45, 7) is 7.29. The molecule has 0 radical (unpaired) electrons. The van der Waals surface area contributed by atoms with E-state index in [-0.39, 0.29) is 6.09 Å². The number of amides is 1. The molecule has 0 unspecified atom stereocenters. The Hall–Kier alpha value is -1.32. The van der Waals surface area contributed by atoms with E-state index in [2.05, 4.69) is 0 Å². The van der Waals surface area contributed by atoms with Gasteiger partial charge < -0.3 is 9.64 Å². The molecule has 0 N–H and O–H groups in total. The van der Waals surface area contributed by atoms with Crippen molar-refractivity contribution in [3.8, 4) is 0 Å². The molecular formula is C17H27NO3. The summed E-state index contributed by atoms with van der Waals surface area (Å²) in [7, 11) is 0. The fraction of sp³-hybridized carbons (Fsp3) is 0.765. The first-order valence-corrected chi connectivity index (χ1v) is 7.95. The first kappa shape index (κ1) is 16.1. The van der Waals surface area contributed by atoms with Crippen LogP contribution < -0.4 is 0 Å². The number of nitrogens with zero attached hydrogens (tertiary/aromatic N) is 1. The third-order valence-corrected chi connectivity index (χ3v) is 4.73. The molecule has 1 spiro atoms. The van der Waals surface area contributed by atoms with E-state index < -0.39 is 5.60 Å². The number of hydrogen-bond acceptors (Lipinski definition) is 3. The highest BCUT2D eigenvalue weighted by Gasteiger charge is 2.38. The van der Waals surface area contributed by atoms with Gasteiger partial charge in [-0.3, -0.25) is 4.79 Å². The molecule has 21 heavy (non-hydrogen) atoms. The molecule has 2 fully saturated rings. The summed E-state index contributed by atoms with van der Waals surface area (Å²) in [5.41, 5.74) is 1.23. The first-order valence-electron chi connectivity index (χ1n) is 7.95. The van der Waals surface area contributed by atoms with Crippen LogP contribution in [0.15, 0.2) is 11.6 Å². The molecule has 1 heterocycles. The standard InChI is InChI=1S/C17H27NO3/c1-16(2,3)21-15(20)18-11-9-17(10-12-18)7-4-14(5-8-17)6-13-19/h6,13H,4-5,7-12H2,1-3H3. The van der Waals surface area contributed by atoms with E-state index in [9.17, 15) is 9.59 Å². The lowest BCUT2D eigenvalue weighted by molar-refractivity contribution is -0.104. The predicted octanol–water partition coefficient (Wildman–Crippen LogP) is 3.70. The molecule has 4 heteroatoms. The minimum atomic E-state index is -0.425. The molecule has 118 valence electrons. The second-order valence-electron chi connectivity index (χ2n) is 7.43. The van der Waals surface area contributed by atoms with Crippen LogP contribution in [0, 0.1) is 5.41 Å². The molecule has 1 aliphatic carbocycles. The van der Waals surface area contributed by atoms with E-state index in [0.29, 0.717) is 5.41 Å². The molecule has 0 aromatic carbocycles. The lowest BCUT2D eigenvalue weighted by atomic mass is 9.67. The molecule has 0 aromatic heterocycles. The average molecular weight is 293 g/mol. The molecule has 0 atom stereocenters. The fourth-order valence-corrected chi connectivity index (χ4v) is 3.35. The van der Waals surface area contributed by atoms with Crippen LogP contribution in [0.25, 0.3) is 0 Å². The van der Waals surface area contributed by atoms with Crippen molar-refractivity contribution in [1.82, 2.24) is 4.90 Å². The number of allylic oxidation sites excluding steroid dienone is 2. The number of likely N-dealkylation sites (tertiary alicyclic amines) is 1. The summed E-state index contributed by atoms with van der Waals surface area (Å²) in [4.78, 5) is 24.5. The van der Waals surface area contributed by atoms with Gasteiger partial charge in [-0.05, 0) is 70.8 Å². The highest BCUT2D eigenvalue weighted by Crippen LogP contribution is 2.46. The number of piperidine rings is 1. The number of aldehydes is 1. The van der Waals surface area contributed by atoms with Crippen LogP contribution in [0.2, 0.25) is 0 Å². The molecular weight excluding hydrogens is 266 g/mol. The van der Waals surface area contributed by atoms with Crippen LogP contribution in [0.4, 0.5) is 4.79 Å².